The summed E-state index contributed by atoms with van der Waals surface area (Å²) in [5.41, 5.74) is 0.118. The number of alkyl halides is 3. The van der Waals surface area contributed by atoms with E-state index in [1.54, 1.807) is 0 Å². The molecule has 3 rings (SSSR count). The van der Waals surface area contributed by atoms with Crippen LogP contribution in [0.25, 0.3) is 0 Å². The number of fused-ring (bicyclic) bond motifs is 1. The molecule has 2 saturated heterocycles. The maximum absolute atomic E-state index is 12.5. The largest absolute Gasteiger partial charge is 0.417 e. The van der Waals surface area contributed by atoms with Crippen molar-refractivity contribution in [3.05, 3.63) is 29.6 Å². The zero-order valence-electron chi connectivity index (χ0n) is 11.2. The van der Waals surface area contributed by atoms with E-state index in [0.29, 0.717) is 6.04 Å². The highest BCUT2D eigenvalue weighted by Crippen LogP contribution is 2.32. The van der Waals surface area contributed by atoms with E-state index >= 15 is 0 Å². The Morgan fingerprint density at radius 3 is 2.80 bits per heavy atom. The lowest BCUT2D eigenvalue weighted by atomic mass is 9.89. The van der Waals surface area contributed by atoms with Crippen LogP contribution >= 0.6 is 0 Å². The summed E-state index contributed by atoms with van der Waals surface area (Å²) >= 11 is 0. The monoisotopic (exact) mass is 285 g/mol. The van der Waals surface area contributed by atoms with Crippen molar-refractivity contribution in [2.24, 2.45) is 0 Å². The second-order valence-electron chi connectivity index (χ2n) is 5.60. The Balaban J connectivity index is 1.70. The fraction of sp³-hybridized carbons (Fsp3) is 0.643. The second-order valence-corrected chi connectivity index (χ2v) is 5.60. The lowest BCUT2D eigenvalue weighted by molar-refractivity contribution is -0.137. The number of aromatic nitrogens is 1. The Morgan fingerprint density at radius 2 is 2.10 bits per heavy atom. The average molecular weight is 285 g/mol. The maximum Gasteiger partial charge on any atom is 0.417 e. The van der Waals surface area contributed by atoms with Crippen LogP contribution in [0.3, 0.4) is 0 Å². The van der Waals surface area contributed by atoms with Gasteiger partial charge in [0.05, 0.1) is 5.56 Å². The standard InChI is InChI=1S/C14H18F3N3/c15-14(16,17)11-2-4-13(19-7-11)10-1-3-12-8-18-5-6-20(12)9-10/h2,4,7,10,12,18H,1,3,5-6,8-9H2/t10-,12-/m0/s1. The number of rotatable bonds is 1. The normalized spacial score (nSPS) is 28.1. The Kier molecular flexibility index (Phi) is 3.69. The summed E-state index contributed by atoms with van der Waals surface area (Å²) in [6, 6.07) is 3.26. The van der Waals surface area contributed by atoms with Gasteiger partial charge >= 0.3 is 6.18 Å². The first-order chi connectivity index (χ1) is 9.54. The molecule has 110 valence electrons. The van der Waals surface area contributed by atoms with E-state index in [4.69, 9.17) is 0 Å². The molecule has 0 radical (unpaired) electrons. The van der Waals surface area contributed by atoms with Gasteiger partial charge in [-0.25, -0.2) is 0 Å². The first kappa shape index (κ1) is 13.8. The van der Waals surface area contributed by atoms with Crippen LogP contribution in [-0.4, -0.2) is 42.1 Å². The summed E-state index contributed by atoms with van der Waals surface area (Å²) in [4.78, 5) is 6.48. The number of hydrogen-bond acceptors (Lipinski definition) is 3. The van der Waals surface area contributed by atoms with Crippen LogP contribution in [0.2, 0.25) is 0 Å². The molecule has 0 amide bonds. The number of piperidine rings is 1. The lowest BCUT2D eigenvalue weighted by Crippen LogP contribution is -2.54. The summed E-state index contributed by atoms with van der Waals surface area (Å²) in [7, 11) is 0. The zero-order valence-corrected chi connectivity index (χ0v) is 11.2. The molecule has 2 aliphatic heterocycles. The van der Waals surface area contributed by atoms with Crippen molar-refractivity contribution < 1.29 is 13.2 Å². The Bertz CT molecular complexity index is 458. The molecule has 0 saturated carbocycles. The van der Waals surface area contributed by atoms with Gasteiger partial charge in [-0.05, 0) is 25.0 Å². The van der Waals surface area contributed by atoms with Gasteiger partial charge in [-0.1, -0.05) is 0 Å². The fourth-order valence-corrected chi connectivity index (χ4v) is 3.15. The highest BCUT2D eigenvalue weighted by molar-refractivity contribution is 5.20. The molecule has 0 aromatic carbocycles. The molecule has 1 N–H and O–H groups in total. The number of halogens is 3. The van der Waals surface area contributed by atoms with Gasteiger partial charge in [-0.3, -0.25) is 9.88 Å². The van der Waals surface area contributed by atoms with Crippen molar-refractivity contribution in [1.82, 2.24) is 15.2 Å². The van der Waals surface area contributed by atoms with Crippen LogP contribution in [0.15, 0.2) is 18.3 Å². The number of hydrogen-bond donors (Lipinski definition) is 1. The fourth-order valence-electron chi connectivity index (χ4n) is 3.15. The van der Waals surface area contributed by atoms with Crippen LogP contribution in [0.4, 0.5) is 13.2 Å². The van der Waals surface area contributed by atoms with Crippen LogP contribution in [-0.2, 0) is 6.18 Å². The third kappa shape index (κ3) is 2.81. The van der Waals surface area contributed by atoms with Crippen molar-refractivity contribution in [2.45, 2.75) is 31.0 Å². The summed E-state index contributed by atoms with van der Waals surface area (Å²) in [5.74, 6) is 0.256. The van der Waals surface area contributed by atoms with Crippen molar-refractivity contribution in [3.8, 4) is 0 Å². The van der Waals surface area contributed by atoms with Gasteiger partial charge in [0.15, 0.2) is 0 Å². The molecule has 0 bridgehead atoms. The second kappa shape index (κ2) is 5.33. The quantitative estimate of drug-likeness (QED) is 0.858. The van der Waals surface area contributed by atoms with E-state index in [-0.39, 0.29) is 5.92 Å². The molecule has 0 unspecified atom stereocenters. The minimum absolute atomic E-state index is 0.256. The maximum atomic E-state index is 12.5. The third-order valence-corrected chi connectivity index (χ3v) is 4.31. The topological polar surface area (TPSA) is 28.2 Å². The number of pyridine rings is 1. The Morgan fingerprint density at radius 1 is 1.25 bits per heavy atom. The SMILES string of the molecule is FC(F)(F)c1ccc([C@H]2CC[C@H]3CNCCN3C2)nc1. The molecule has 3 heterocycles. The van der Waals surface area contributed by atoms with Gasteiger partial charge in [0.25, 0.3) is 0 Å². The minimum atomic E-state index is -4.30. The van der Waals surface area contributed by atoms with E-state index in [1.165, 1.54) is 6.07 Å². The number of nitrogens with one attached hydrogen (secondary N) is 1. The van der Waals surface area contributed by atoms with Gasteiger partial charge in [-0.15, -0.1) is 0 Å². The van der Waals surface area contributed by atoms with E-state index in [9.17, 15) is 13.2 Å². The minimum Gasteiger partial charge on any atom is -0.314 e. The van der Waals surface area contributed by atoms with E-state index in [0.717, 1.165) is 57.0 Å². The lowest BCUT2D eigenvalue weighted by Gasteiger charge is -2.42. The predicted molar refractivity (Wildman–Crippen MR) is 69.4 cm³/mol. The number of piperazine rings is 1. The van der Waals surface area contributed by atoms with Crippen molar-refractivity contribution in [3.63, 3.8) is 0 Å². The van der Waals surface area contributed by atoms with Crippen LogP contribution < -0.4 is 5.32 Å². The molecule has 2 fully saturated rings. The molecule has 0 aliphatic carbocycles. The molecule has 1 aromatic rings. The first-order valence-corrected chi connectivity index (χ1v) is 7.02. The van der Waals surface area contributed by atoms with Crippen molar-refractivity contribution >= 4 is 0 Å². The number of nitrogens with zero attached hydrogens (tertiary/aromatic N) is 2. The van der Waals surface area contributed by atoms with Crippen LogP contribution in [0, 0.1) is 0 Å². The average Bonchev–Trinajstić information content (AvgIpc) is 2.46. The van der Waals surface area contributed by atoms with Crippen LogP contribution in [0.5, 0.6) is 0 Å². The van der Waals surface area contributed by atoms with Gasteiger partial charge in [-0.2, -0.15) is 13.2 Å². The molecule has 1 aromatic heterocycles. The smallest absolute Gasteiger partial charge is 0.314 e. The van der Waals surface area contributed by atoms with E-state index in [2.05, 4.69) is 15.2 Å². The molecule has 6 heteroatoms. The third-order valence-electron chi connectivity index (χ3n) is 4.31. The molecule has 3 nitrogen and oxygen atoms in total. The predicted octanol–water partition coefficient (Wildman–Crippen LogP) is 2.25. The van der Waals surface area contributed by atoms with Gasteiger partial charge in [0.1, 0.15) is 0 Å². The molecule has 20 heavy (non-hydrogen) atoms. The van der Waals surface area contributed by atoms with Crippen LogP contribution in [0.1, 0.15) is 30.0 Å². The molecule has 2 aliphatic rings. The summed E-state index contributed by atoms with van der Waals surface area (Å²) < 4.78 is 37.6. The highest BCUT2D eigenvalue weighted by Gasteiger charge is 2.33. The van der Waals surface area contributed by atoms with Crippen molar-refractivity contribution in [1.29, 1.82) is 0 Å². The summed E-state index contributed by atoms with van der Waals surface area (Å²) in [5, 5.41) is 3.38. The first-order valence-electron chi connectivity index (χ1n) is 7.02. The molecule has 0 spiro atoms. The Hall–Kier alpha value is -1.14. The van der Waals surface area contributed by atoms with E-state index in [1.807, 2.05) is 0 Å². The zero-order chi connectivity index (χ0) is 14.2. The molecular formula is C14H18F3N3. The van der Waals surface area contributed by atoms with Crippen molar-refractivity contribution in [2.75, 3.05) is 26.2 Å². The van der Waals surface area contributed by atoms with Gasteiger partial charge in [0.2, 0.25) is 0 Å². The molecule has 2 atom stereocenters. The summed E-state index contributed by atoms with van der Waals surface area (Å²) in [6.07, 6.45) is -1.26. The summed E-state index contributed by atoms with van der Waals surface area (Å²) in [6.45, 7) is 3.93. The Labute approximate surface area is 116 Å². The van der Waals surface area contributed by atoms with Gasteiger partial charge < -0.3 is 5.32 Å². The van der Waals surface area contributed by atoms with E-state index < -0.39 is 11.7 Å². The molecular weight excluding hydrogens is 267 g/mol. The highest BCUT2D eigenvalue weighted by atomic mass is 19.4. The van der Waals surface area contributed by atoms with Gasteiger partial charge in [0, 0.05) is 50.0 Å².